The van der Waals surface area contributed by atoms with Crippen LogP contribution < -0.4 is 10.2 Å². The molecule has 110 valence electrons. The van der Waals surface area contributed by atoms with Gasteiger partial charge in [-0.05, 0) is 31.5 Å². The number of likely N-dealkylation sites (N-methyl/N-ethyl adjacent to an activating group) is 1. The Kier molecular flexibility index (Phi) is 5.01. The van der Waals surface area contributed by atoms with Gasteiger partial charge in [0.1, 0.15) is 0 Å². The molecule has 1 aromatic carbocycles. The number of amides is 1. The van der Waals surface area contributed by atoms with E-state index in [4.69, 9.17) is 0 Å². The largest absolute Gasteiger partial charge is 0.360 e. The molecule has 20 heavy (non-hydrogen) atoms. The second-order valence-corrected chi connectivity index (χ2v) is 5.47. The van der Waals surface area contributed by atoms with Crippen molar-refractivity contribution in [2.45, 2.75) is 26.3 Å². The molecule has 0 aliphatic carbocycles. The van der Waals surface area contributed by atoms with E-state index >= 15 is 0 Å². The van der Waals surface area contributed by atoms with Crippen LogP contribution in [0, 0.1) is 0 Å². The summed E-state index contributed by atoms with van der Waals surface area (Å²) in [7, 11) is 1.87. The average molecular weight is 275 g/mol. The lowest BCUT2D eigenvalue weighted by atomic mass is 10.0. The zero-order chi connectivity index (χ0) is 14.5. The molecule has 1 aliphatic heterocycles. The van der Waals surface area contributed by atoms with Crippen LogP contribution in [-0.4, -0.2) is 44.0 Å². The fourth-order valence-corrected chi connectivity index (χ4v) is 2.58. The van der Waals surface area contributed by atoms with E-state index in [0.717, 1.165) is 26.1 Å². The number of benzene rings is 1. The molecule has 0 aromatic heterocycles. The predicted molar refractivity (Wildman–Crippen MR) is 83.0 cm³/mol. The van der Waals surface area contributed by atoms with Crippen molar-refractivity contribution in [3.05, 3.63) is 29.8 Å². The van der Waals surface area contributed by atoms with Gasteiger partial charge < -0.3 is 15.1 Å². The first kappa shape index (κ1) is 14.9. The third kappa shape index (κ3) is 3.31. The summed E-state index contributed by atoms with van der Waals surface area (Å²) in [5.74, 6) is 0.195. The third-order valence-electron chi connectivity index (χ3n) is 3.90. The zero-order valence-corrected chi connectivity index (χ0v) is 12.7. The number of para-hydroxylation sites is 1. The molecule has 1 aliphatic rings. The summed E-state index contributed by atoms with van der Waals surface area (Å²) < 4.78 is 0. The minimum Gasteiger partial charge on any atom is -0.360 e. The molecule has 1 atom stereocenters. The lowest BCUT2D eigenvalue weighted by molar-refractivity contribution is -0.129. The van der Waals surface area contributed by atoms with Crippen molar-refractivity contribution in [3.8, 4) is 0 Å². The first-order valence-electron chi connectivity index (χ1n) is 7.44. The number of hydrogen-bond acceptors (Lipinski definition) is 3. The molecular weight excluding hydrogens is 250 g/mol. The van der Waals surface area contributed by atoms with Crippen LogP contribution in [0.4, 0.5) is 5.69 Å². The van der Waals surface area contributed by atoms with E-state index in [-0.39, 0.29) is 5.91 Å². The van der Waals surface area contributed by atoms with E-state index in [1.54, 1.807) is 4.90 Å². The molecule has 2 rings (SSSR count). The van der Waals surface area contributed by atoms with Crippen molar-refractivity contribution in [1.82, 2.24) is 10.2 Å². The summed E-state index contributed by atoms with van der Waals surface area (Å²) in [4.78, 5) is 15.9. The summed E-state index contributed by atoms with van der Waals surface area (Å²) in [6, 6.07) is 8.71. The topological polar surface area (TPSA) is 35.6 Å². The normalized spacial score (nSPS) is 17.4. The Morgan fingerprint density at radius 1 is 1.30 bits per heavy atom. The molecule has 1 heterocycles. The number of carbonyl (C=O) groups excluding carboxylic acids is 1. The van der Waals surface area contributed by atoms with Crippen molar-refractivity contribution < 1.29 is 4.79 Å². The van der Waals surface area contributed by atoms with Crippen LogP contribution in [0.15, 0.2) is 24.3 Å². The van der Waals surface area contributed by atoms with Gasteiger partial charge in [-0.25, -0.2) is 0 Å². The Morgan fingerprint density at radius 3 is 2.75 bits per heavy atom. The van der Waals surface area contributed by atoms with Gasteiger partial charge in [-0.1, -0.05) is 25.1 Å². The Bertz CT molecular complexity index is 461. The summed E-state index contributed by atoms with van der Waals surface area (Å²) in [5.41, 5.74) is 2.46. The van der Waals surface area contributed by atoms with E-state index in [9.17, 15) is 4.79 Å². The quantitative estimate of drug-likeness (QED) is 0.893. The molecule has 1 N–H and O–H groups in total. The smallest absolute Gasteiger partial charge is 0.241 e. The highest BCUT2D eigenvalue weighted by atomic mass is 16.2. The number of piperazine rings is 1. The molecule has 1 saturated heterocycles. The monoisotopic (exact) mass is 275 g/mol. The van der Waals surface area contributed by atoms with Crippen LogP contribution in [-0.2, 0) is 4.79 Å². The maximum Gasteiger partial charge on any atom is 0.241 e. The maximum atomic E-state index is 11.9. The van der Waals surface area contributed by atoms with Gasteiger partial charge in [-0.15, -0.1) is 0 Å². The average Bonchev–Trinajstić information content (AvgIpc) is 2.47. The lowest BCUT2D eigenvalue weighted by Gasteiger charge is -2.35. The Balaban J connectivity index is 2.17. The summed E-state index contributed by atoms with van der Waals surface area (Å²) in [5, 5.41) is 3.53. The molecule has 0 bridgehead atoms. The fourth-order valence-electron chi connectivity index (χ4n) is 2.58. The van der Waals surface area contributed by atoms with Gasteiger partial charge in [0.05, 0.1) is 6.54 Å². The van der Waals surface area contributed by atoms with Gasteiger partial charge >= 0.3 is 0 Å². The van der Waals surface area contributed by atoms with E-state index in [1.165, 1.54) is 11.3 Å². The number of rotatable bonds is 5. The van der Waals surface area contributed by atoms with Gasteiger partial charge in [0.2, 0.25) is 5.91 Å². The minimum atomic E-state index is 0.195. The van der Waals surface area contributed by atoms with Crippen LogP contribution in [0.3, 0.4) is 0 Å². The number of nitrogens with one attached hydrogen (secondary N) is 1. The molecule has 4 nitrogen and oxygen atoms in total. The number of nitrogens with zero attached hydrogens (tertiary/aromatic N) is 2. The van der Waals surface area contributed by atoms with Gasteiger partial charge in [-0.2, -0.15) is 0 Å². The van der Waals surface area contributed by atoms with Gasteiger partial charge in [-0.3, -0.25) is 4.79 Å². The second kappa shape index (κ2) is 6.75. The van der Waals surface area contributed by atoms with Crippen LogP contribution in [0.1, 0.15) is 31.9 Å². The van der Waals surface area contributed by atoms with Crippen molar-refractivity contribution in [2.24, 2.45) is 0 Å². The zero-order valence-electron chi connectivity index (χ0n) is 12.7. The molecule has 1 unspecified atom stereocenters. The van der Waals surface area contributed by atoms with E-state index in [1.807, 2.05) is 13.1 Å². The number of anilines is 1. The Hall–Kier alpha value is -1.55. The fraction of sp³-hybridized carbons (Fsp3) is 0.562. The van der Waals surface area contributed by atoms with Crippen LogP contribution >= 0.6 is 0 Å². The molecule has 1 amide bonds. The maximum absolute atomic E-state index is 11.9. The first-order chi connectivity index (χ1) is 9.63. The van der Waals surface area contributed by atoms with Crippen molar-refractivity contribution in [1.29, 1.82) is 0 Å². The highest BCUT2D eigenvalue weighted by Crippen LogP contribution is 2.27. The number of carbonyl (C=O) groups is 1. The Morgan fingerprint density at radius 2 is 2.05 bits per heavy atom. The van der Waals surface area contributed by atoms with E-state index in [0.29, 0.717) is 12.6 Å². The molecule has 0 spiro atoms. The van der Waals surface area contributed by atoms with Crippen LogP contribution in [0.5, 0.6) is 0 Å². The molecule has 0 saturated carbocycles. The van der Waals surface area contributed by atoms with Crippen LogP contribution in [0.25, 0.3) is 0 Å². The minimum absolute atomic E-state index is 0.195. The standard InChI is InChI=1S/C16H25N3O/c1-4-9-17-13(2)14-7-5-6-8-15(14)19-11-10-18(3)16(20)12-19/h5-8,13,17H,4,9-12H2,1-3H3. The Labute approximate surface area is 121 Å². The van der Waals surface area contributed by atoms with Crippen molar-refractivity contribution in [3.63, 3.8) is 0 Å². The molecule has 1 aromatic rings. The lowest BCUT2D eigenvalue weighted by Crippen LogP contribution is -2.49. The van der Waals surface area contributed by atoms with E-state index < -0.39 is 0 Å². The molecule has 4 heteroatoms. The molecule has 1 fully saturated rings. The van der Waals surface area contributed by atoms with Crippen molar-refractivity contribution >= 4 is 11.6 Å². The van der Waals surface area contributed by atoms with Gasteiger partial charge in [0.25, 0.3) is 0 Å². The van der Waals surface area contributed by atoms with Gasteiger partial charge in [0, 0.05) is 31.9 Å². The molecule has 0 radical (unpaired) electrons. The highest BCUT2D eigenvalue weighted by molar-refractivity contribution is 5.83. The van der Waals surface area contributed by atoms with Crippen LogP contribution in [0.2, 0.25) is 0 Å². The highest BCUT2D eigenvalue weighted by Gasteiger charge is 2.23. The summed E-state index contributed by atoms with van der Waals surface area (Å²) in [6.07, 6.45) is 1.12. The molecular formula is C16H25N3O. The van der Waals surface area contributed by atoms with E-state index in [2.05, 4.69) is 42.3 Å². The predicted octanol–water partition coefficient (Wildman–Crippen LogP) is 2.03. The third-order valence-corrected chi connectivity index (χ3v) is 3.90. The summed E-state index contributed by atoms with van der Waals surface area (Å²) in [6.45, 7) is 7.55. The summed E-state index contributed by atoms with van der Waals surface area (Å²) >= 11 is 0. The SMILES string of the molecule is CCCNC(C)c1ccccc1N1CCN(C)C(=O)C1. The second-order valence-electron chi connectivity index (χ2n) is 5.47. The number of hydrogen-bond donors (Lipinski definition) is 1. The first-order valence-corrected chi connectivity index (χ1v) is 7.44. The van der Waals surface area contributed by atoms with Gasteiger partial charge in [0.15, 0.2) is 0 Å². The van der Waals surface area contributed by atoms with Crippen molar-refractivity contribution in [2.75, 3.05) is 38.1 Å².